The molecule has 1 aliphatic heterocycles. The molecular formula is C19H23N7O2. The van der Waals surface area contributed by atoms with Crippen molar-refractivity contribution in [1.29, 1.82) is 5.26 Å². The zero-order valence-corrected chi connectivity index (χ0v) is 16.0. The average molecular weight is 381 g/mol. The van der Waals surface area contributed by atoms with Gasteiger partial charge in [-0.15, -0.1) is 10.2 Å². The second kappa shape index (κ2) is 7.20. The summed E-state index contributed by atoms with van der Waals surface area (Å²) < 4.78 is 7.93. The van der Waals surface area contributed by atoms with Crippen molar-refractivity contribution in [2.24, 2.45) is 0 Å². The molecule has 0 aromatic carbocycles. The average Bonchev–Trinajstić information content (AvgIpc) is 3.10. The lowest BCUT2D eigenvalue weighted by molar-refractivity contribution is -0.118. The molecule has 9 nitrogen and oxygen atoms in total. The van der Waals surface area contributed by atoms with Gasteiger partial charge in [-0.25, -0.2) is 0 Å². The molecule has 28 heavy (non-hydrogen) atoms. The molecule has 1 saturated heterocycles. The molecule has 0 radical (unpaired) electrons. The first-order valence-corrected chi connectivity index (χ1v) is 9.49. The lowest BCUT2D eigenvalue weighted by atomic mass is 10.1. The number of ether oxygens (including phenoxy) is 1. The molecule has 2 N–H and O–H groups in total. The molecule has 0 spiro atoms. The Morgan fingerprint density at radius 2 is 2.36 bits per heavy atom. The number of carbonyl (C=O) groups excluding carboxylic acids is 1. The highest BCUT2D eigenvalue weighted by Crippen LogP contribution is 2.43. The number of aryl methyl sites for hydroxylation is 1. The van der Waals surface area contributed by atoms with Gasteiger partial charge >= 0.3 is 0 Å². The molecule has 4 rings (SSSR count). The van der Waals surface area contributed by atoms with E-state index in [1.54, 1.807) is 6.08 Å². The Kier molecular flexibility index (Phi) is 4.73. The number of nitrogens with zero attached hydrogens (tertiary/aromatic N) is 5. The van der Waals surface area contributed by atoms with Gasteiger partial charge < -0.3 is 14.6 Å². The van der Waals surface area contributed by atoms with Crippen LogP contribution in [0.15, 0.2) is 11.6 Å². The molecule has 2 fully saturated rings. The van der Waals surface area contributed by atoms with Crippen molar-refractivity contribution in [2.75, 3.05) is 6.61 Å². The van der Waals surface area contributed by atoms with Crippen molar-refractivity contribution in [3.63, 3.8) is 0 Å². The Labute approximate surface area is 162 Å². The molecule has 2 aliphatic rings. The number of hydrogen-bond acceptors (Lipinski definition) is 6. The largest absolute Gasteiger partial charge is 0.376 e. The fourth-order valence-corrected chi connectivity index (χ4v) is 3.73. The van der Waals surface area contributed by atoms with E-state index in [-0.39, 0.29) is 11.7 Å². The molecule has 0 bridgehead atoms. The summed E-state index contributed by atoms with van der Waals surface area (Å²) in [6, 6.07) is 4.03. The van der Waals surface area contributed by atoms with Gasteiger partial charge in [-0.1, -0.05) is 5.21 Å². The molecule has 1 amide bonds. The normalized spacial score (nSPS) is 20.8. The second-order valence-electron chi connectivity index (χ2n) is 7.51. The molecule has 2 aromatic heterocycles. The lowest BCUT2D eigenvalue weighted by Crippen LogP contribution is -2.36. The smallest absolute Gasteiger partial charge is 0.262 e. The number of aromatic nitrogens is 5. The van der Waals surface area contributed by atoms with E-state index in [9.17, 15) is 10.1 Å². The van der Waals surface area contributed by atoms with Gasteiger partial charge in [-0.05, 0) is 57.2 Å². The summed E-state index contributed by atoms with van der Waals surface area (Å²) in [5.74, 6) is 0.0293. The molecule has 3 heterocycles. The van der Waals surface area contributed by atoms with Gasteiger partial charge in [0.2, 0.25) is 0 Å². The lowest BCUT2D eigenvalue weighted by Gasteiger charge is -2.15. The minimum atomic E-state index is -0.614. The van der Waals surface area contributed by atoms with Gasteiger partial charge in [0.05, 0.1) is 6.10 Å². The quantitative estimate of drug-likeness (QED) is 0.578. The number of rotatable bonds is 6. The number of aromatic amines is 1. The maximum atomic E-state index is 12.7. The van der Waals surface area contributed by atoms with E-state index in [4.69, 9.17) is 4.74 Å². The van der Waals surface area contributed by atoms with Crippen molar-refractivity contribution < 1.29 is 9.53 Å². The first-order valence-electron chi connectivity index (χ1n) is 9.49. The fraction of sp³-hybridized carbons (Fsp3) is 0.526. The number of amides is 1. The molecule has 1 unspecified atom stereocenters. The van der Waals surface area contributed by atoms with Crippen LogP contribution in [0.2, 0.25) is 0 Å². The summed E-state index contributed by atoms with van der Waals surface area (Å²) in [5.41, 5.74) is 2.42. The molecule has 1 aliphatic carbocycles. The maximum absolute atomic E-state index is 12.7. The van der Waals surface area contributed by atoms with Crippen molar-refractivity contribution in [2.45, 2.75) is 57.7 Å². The number of nitrogens with one attached hydrogen (secondary N) is 2. The number of carbonyl (C=O) groups is 1. The number of tetrazole rings is 1. The first-order chi connectivity index (χ1) is 13.5. The van der Waals surface area contributed by atoms with Gasteiger partial charge in [0.25, 0.3) is 5.91 Å². The summed E-state index contributed by atoms with van der Waals surface area (Å²) in [6.45, 7) is 5.64. The predicted molar refractivity (Wildman–Crippen MR) is 99.7 cm³/mol. The number of hydrogen-bond donors (Lipinski definition) is 2. The van der Waals surface area contributed by atoms with Crippen LogP contribution in [-0.2, 0) is 21.6 Å². The van der Waals surface area contributed by atoms with Crippen LogP contribution in [-0.4, -0.2) is 43.8 Å². The van der Waals surface area contributed by atoms with E-state index < -0.39 is 11.4 Å². The number of H-pyrrole nitrogens is 1. The Bertz CT molecular complexity index is 942. The molecular weight excluding hydrogens is 358 g/mol. The highest BCUT2D eigenvalue weighted by Gasteiger charge is 2.49. The van der Waals surface area contributed by atoms with Crippen LogP contribution in [0.5, 0.6) is 0 Å². The molecule has 146 valence electrons. The van der Waals surface area contributed by atoms with E-state index in [0.29, 0.717) is 5.82 Å². The first kappa shape index (κ1) is 18.4. The van der Waals surface area contributed by atoms with Gasteiger partial charge in [-0.2, -0.15) is 10.5 Å². The molecule has 1 saturated carbocycles. The second-order valence-corrected chi connectivity index (χ2v) is 7.51. The van der Waals surface area contributed by atoms with E-state index in [1.807, 2.05) is 26.0 Å². The highest BCUT2D eigenvalue weighted by atomic mass is 16.5. The highest BCUT2D eigenvalue weighted by molar-refractivity contribution is 6.02. The summed E-state index contributed by atoms with van der Waals surface area (Å²) in [5, 5.41) is 26.3. The van der Waals surface area contributed by atoms with Crippen molar-refractivity contribution >= 4 is 12.0 Å². The fourth-order valence-electron chi connectivity index (χ4n) is 3.73. The standard InChI is InChI=1S/C19H23N7O2/c1-12-8-14(13(2)26(12)11-16-4-3-7-28-16)9-15(10-20)17(27)21-19(5-6-19)18-22-24-25-23-18/h8-9,16H,3-7,11H2,1-2H3,(H,21,27)(H,22,23,24,25)/b15-9+. The third-order valence-corrected chi connectivity index (χ3v) is 5.56. The Morgan fingerprint density at radius 3 is 2.96 bits per heavy atom. The molecule has 9 heteroatoms. The Morgan fingerprint density at radius 1 is 1.54 bits per heavy atom. The van der Waals surface area contributed by atoms with Gasteiger partial charge in [0, 0.05) is 24.5 Å². The number of nitriles is 1. The zero-order chi connectivity index (χ0) is 19.7. The topological polar surface area (TPSA) is 122 Å². The van der Waals surface area contributed by atoms with Crippen LogP contribution >= 0.6 is 0 Å². The summed E-state index contributed by atoms with van der Waals surface area (Å²) in [4.78, 5) is 12.7. The maximum Gasteiger partial charge on any atom is 0.262 e. The third-order valence-electron chi connectivity index (χ3n) is 5.56. The summed E-state index contributed by atoms with van der Waals surface area (Å²) >= 11 is 0. The molecule has 2 aromatic rings. The van der Waals surface area contributed by atoms with Crippen molar-refractivity contribution in [3.8, 4) is 6.07 Å². The van der Waals surface area contributed by atoms with Gasteiger partial charge in [0.1, 0.15) is 17.2 Å². The van der Waals surface area contributed by atoms with Crippen LogP contribution in [0, 0.1) is 25.2 Å². The Balaban J connectivity index is 1.53. The molecule has 1 atom stereocenters. The monoisotopic (exact) mass is 381 g/mol. The predicted octanol–water partition coefficient (Wildman–Crippen LogP) is 1.51. The Hall–Kier alpha value is -2.99. The van der Waals surface area contributed by atoms with Crippen molar-refractivity contribution in [1.82, 2.24) is 30.5 Å². The van der Waals surface area contributed by atoms with Gasteiger partial charge in [-0.3, -0.25) is 4.79 Å². The van der Waals surface area contributed by atoms with E-state index in [2.05, 4.69) is 30.5 Å². The minimum absolute atomic E-state index is 0.0622. The van der Waals surface area contributed by atoms with E-state index in [0.717, 1.165) is 55.8 Å². The van der Waals surface area contributed by atoms with Crippen LogP contribution in [0.4, 0.5) is 0 Å². The minimum Gasteiger partial charge on any atom is -0.376 e. The van der Waals surface area contributed by atoms with Gasteiger partial charge in [0.15, 0.2) is 5.82 Å². The zero-order valence-electron chi connectivity index (χ0n) is 16.0. The van der Waals surface area contributed by atoms with Crippen LogP contribution < -0.4 is 5.32 Å². The summed E-state index contributed by atoms with van der Waals surface area (Å²) in [6.07, 6.45) is 5.49. The third kappa shape index (κ3) is 3.43. The van der Waals surface area contributed by atoms with Crippen molar-refractivity contribution in [3.05, 3.63) is 34.4 Å². The summed E-state index contributed by atoms with van der Waals surface area (Å²) in [7, 11) is 0. The van der Waals surface area contributed by atoms with Crippen LogP contribution in [0.25, 0.3) is 6.08 Å². The van der Waals surface area contributed by atoms with Crippen LogP contribution in [0.3, 0.4) is 0 Å². The van der Waals surface area contributed by atoms with E-state index >= 15 is 0 Å². The van der Waals surface area contributed by atoms with E-state index in [1.165, 1.54) is 0 Å². The van der Waals surface area contributed by atoms with Crippen LogP contribution in [0.1, 0.15) is 48.5 Å². The SMILES string of the molecule is Cc1cc(/C=C(\C#N)C(=O)NC2(c3nn[nH]n3)CC2)c(C)n1CC1CCCO1.